The van der Waals surface area contributed by atoms with Crippen molar-refractivity contribution in [3.63, 3.8) is 0 Å². The van der Waals surface area contributed by atoms with Gasteiger partial charge in [0.05, 0.1) is 5.69 Å². The fraction of sp³-hybridized carbons (Fsp3) is 0.133. The maximum absolute atomic E-state index is 12.2. The van der Waals surface area contributed by atoms with Gasteiger partial charge in [0.25, 0.3) is 5.91 Å². The number of hydrogen-bond donors (Lipinski definition) is 2. The molecule has 4 heteroatoms. The average Bonchev–Trinajstić information content (AvgIpc) is 2.47. The molecule has 0 heterocycles. The van der Waals surface area contributed by atoms with Gasteiger partial charge in [-0.3, -0.25) is 10.0 Å². The molecule has 0 fully saturated rings. The minimum Gasteiger partial charge on any atom is -0.375 e. The van der Waals surface area contributed by atoms with Crippen LogP contribution in [0.5, 0.6) is 0 Å². The summed E-state index contributed by atoms with van der Waals surface area (Å²) in [4.78, 5) is 12.2. The van der Waals surface area contributed by atoms with Crippen LogP contribution >= 0.6 is 0 Å². The molecule has 0 radical (unpaired) electrons. The molecule has 2 rings (SSSR count). The van der Waals surface area contributed by atoms with Crippen molar-refractivity contribution in [2.45, 2.75) is 12.5 Å². The van der Waals surface area contributed by atoms with E-state index in [1.807, 2.05) is 0 Å². The van der Waals surface area contributed by atoms with Gasteiger partial charge in [-0.25, -0.2) is 0 Å². The van der Waals surface area contributed by atoms with Crippen molar-refractivity contribution in [3.05, 3.63) is 66.2 Å². The highest BCUT2D eigenvalue weighted by atomic mass is 16.5. The number of para-hydroxylation sites is 1. The van der Waals surface area contributed by atoms with Crippen molar-refractivity contribution in [3.8, 4) is 0 Å². The molecule has 0 saturated carbocycles. The third-order valence-electron chi connectivity index (χ3n) is 2.95. The maximum atomic E-state index is 12.2. The SMILES string of the molecule is CC(O)(C(=O)N(O)c1ccccc1)c1ccccc1. The Bertz CT molecular complexity index is 552. The lowest BCUT2D eigenvalue weighted by molar-refractivity contribution is -0.141. The molecular weight excluding hydrogens is 242 g/mol. The molecule has 0 aliphatic carbocycles. The number of rotatable bonds is 3. The zero-order valence-corrected chi connectivity index (χ0v) is 10.5. The summed E-state index contributed by atoms with van der Waals surface area (Å²) in [6, 6.07) is 16.8. The predicted molar refractivity (Wildman–Crippen MR) is 71.7 cm³/mol. The topological polar surface area (TPSA) is 60.8 Å². The van der Waals surface area contributed by atoms with E-state index >= 15 is 0 Å². The molecule has 1 amide bonds. The standard InChI is InChI=1S/C15H15NO3/c1-15(18,12-8-4-2-5-9-12)14(17)16(19)13-10-6-3-7-11-13/h2-11,18-19H,1H3. The van der Waals surface area contributed by atoms with Crippen molar-refractivity contribution in [2.24, 2.45) is 0 Å². The van der Waals surface area contributed by atoms with Gasteiger partial charge in [0.2, 0.25) is 0 Å². The van der Waals surface area contributed by atoms with E-state index in [1.54, 1.807) is 60.7 Å². The van der Waals surface area contributed by atoms with E-state index in [4.69, 9.17) is 0 Å². The van der Waals surface area contributed by atoms with Crippen LogP contribution in [0.25, 0.3) is 0 Å². The first-order chi connectivity index (χ1) is 9.03. The largest absolute Gasteiger partial charge is 0.375 e. The van der Waals surface area contributed by atoms with Crippen LogP contribution in [-0.4, -0.2) is 16.2 Å². The Kier molecular flexibility index (Phi) is 3.64. The molecule has 0 spiro atoms. The summed E-state index contributed by atoms with van der Waals surface area (Å²) >= 11 is 0. The van der Waals surface area contributed by atoms with E-state index < -0.39 is 11.5 Å². The molecule has 1 atom stereocenters. The first-order valence-electron chi connectivity index (χ1n) is 5.90. The van der Waals surface area contributed by atoms with Gasteiger partial charge in [-0.1, -0.05) is 48.5 Å². The second kappa shape index (κ2) is 5.22. The van der Waals surface area contributed by atoms with Crippen molar-refractivity contribution >= 4 is 11.6 Å². The van der Waals surface area contributed by atoms with Gasteiger partial charge in [0, 0.05) is 0 Å². The molecule has 2 aromatic carbocycles. The first-order valence-corrected chi connectivity index (χ1v) is 5.90. The third-order valence-corrected chi connectivity index (χ3v) is 2.95. The number of hydrogen-bond acceptors (Lipinski definition) is 3. The number of aliphatic hydroxyl groups is 1. The number of carbonyl (C=O) groups excluding carboxylic acids is 1. The average molecular weight is 257 g/mol. The quantitative estimate of drug-likeness (QED) is 0.655. The Morgan fingerprint density at radius 3 is 2.00 bits per heavy atom. The van der Waals surface area contributed by atoms with Crippen LogP contribution in [0.4, 0.5) is 5.69 Å². The van der Waals surface area contributed by atoms with Crippen LogP contribution in [0.2, 0.25) is 0 Å². The minimum atomic E-state index is -1.79. The molecule has 0 bridgehead atoms. The summed E-state index contributed by atoms with van der Waals surface area (Å²) in [6.45, 7) is 1.36. The van der Waals surface area contributed by atoms with Gasteiger partial charge >= 0.3 is 0 Å². The Morgan fingerprint density at radius 2 is 1.47 bits per heavy atom. The van der Waals surface area contributed by atoms with Crippen LogP contribution in [0.3, 0.4) is 0 Å². The minimum absolute atomic E-state index is 0.309. The zero-order valence-electron chi connectivity index (χ0n) is 10.5. The molecule has 0 aliphatic rings. The van der Waals surface area contributed by atoms with Gasteiger partial charge < -0.3 is 5.11 Å². The summed E-state index contributed by atoms with van der Waals surface area (Å²) in [5, 5.41) is 20.7. The van der Waals surface area contributed by atoms with Crippen LogP contribution in [0.1, 0.15) is 12.5 Å². The second-order valence-corrected chi connectivity index (χ2v) is 4.39. The second-order valence-electron chi connectivity index (χ2n) is 4.39. The molecular formula is C15H15NO3. The van der Waals surface area contributed by atoms with Crippen molar-refractivity contribution in [1.82, 2.24) is 0 Å². The highest BCUT2D eigenvalue weighted by Gasteiger charge is 2.36. The lowest BCUT2D eigenvalue weighted by atomic mass is 9.95. The Hall–Kier alpha value is -2.17. The van der Waals surface area contributed by atoms with Gasteiger partial charge in [-0.15, -0.1) is 0 Å². The lowest BCUT2D eigenvalue weighted by Crippen LogP contribution is -2.43. The molecule has 1 unspecified atom stereocenters. The monoisotopic (exact) mass is 257 g/mol. The molecule has 2 aromatic rings. The summed E-state index contributed by atoms with van der Waals surface area (Å²) < 4.78 is 0. The predicted octanol–water partition coefficient (Wildman–Crippen LogP) is 2.32. The summed E-state index contributed by atoms with van der Waals surface area (Å²) in [5.74, 6) is -0.801. The summed E-state index contributed by atoms with van der Waals surface area (Å²) in [5.41, 5.74) is -1.05. The maximum Gasteiger partial charge on any atom is 0.286 e. The Morgan fingerprint density at radius 1 is 1.00 bits per heavy atom. The number of carbonyl (C=O) groups is 1. The normalized spacial score (nSPS) is 13.6. The highest BCUT2D eigenvalue weighted by molar-refractivity contribution is 5.97. The molecule has 0 aliphatic heterocycles. The van der Waals surface area contributed by atoms with Gasteiger partial charge in [0.1, 0.15) is 0 Å². The Labute approximate surface area is 111 Å². The number of anilines is 1. The fourth-order valence-electron chi connectivity index (χ4n) is 1.78. The summed E-state index contributed by atoms with van der Waals surface area (Å²) in [7, 11) is 0. The van der Waals surface area contributed by atoms with Crippen LogP contribution in [0.15, 0.2) is 60.7 Å². The lowest BCUT2D eigenvalue weighted by Gasteiger charge is -2.26. The first kappa shape index (κ1) is 13.3. The van der Waals surface area contributed by atoms with Crippen LogP contribution in [-0.2, 0) is 10.4 Å². The van der Waals surface area contributed by atoms with Crippen molar-refractivity contribution in [1.29, 1.82) is 0 Å². The van der Waals surface area contributed by atoms with Crippen LogP contribution < -0.4 is 5.06 Å². The van der Waals surface area contributed by atoms with Gasteiger partial charge in [-0.05, 0) is 24.6 Å². The fourth-order valence-corrected chi connectivity index (χ4v) is 1.78. The van der Waals surface area contributed by atoms with E-state index in [0.717, 1.165) is 0 Å². The van der Waals surface area contributed by atoms with E-state index in [2.05, 4.69) is 0 Å². The number of hydroxylamine groups is 1. The molecule has 98 valence electrons. The van der Waals surface area contributed by atoms with E-state index in [0.29, 0.717) is 16.3 Å². The zero-order chi connectivity index (χ0) is 13.9. The number of benzene rings is 2. The molecule has 4 nitrogen and oxygen atoms in total. The van der Waals surface area contributed by atoms with E-state index in [-0.39, 0.29) is 0 Å². The smallest absolute Gasteiger partial charge is 0.286 e. The van der Waals surface area contributed by atoms with Crippen LogP contribution in [0, 0.1) is 0 Å². The van der Waals surface area contributed by atoms with Gasteiger partial charge in [0.15, 0.2) is 5.60 Å². The van der Waals surface area contributed by atoms with Gasteiger partial charge in [-0.2, -0.15) is 5.06 Å². The van der Waals surface area contributed by atoms with Crippen molar-refractivity contribution < 1.29 is 15.1 Å². The number of nitrogens with zero attached hydrogens (tertiary/aromatic N) is 1. The molecule has 19 heavy (non-hydrogen) atoms. The molecule has 0 saturated heterocycles. The van der Waals surface area contributed by atoms with E-state index in [1.165, 1.54) is 6.92 Å². The molecule has 0 aromatic heterocycles. The van der Waals surface area contributed by atoms with Crippen molar-refractivity contribution in [2.75, 3.05) is 5.06 Å². The molecule has 2 N–H and O–H groups in total. The third kappa shape index (κ3) is 2.65. The highest BCUT2D eigenvalue weighted by Crippen LogP contribution is 2.25. The summed E-state index contributed by atoms with van der Waals surface area (Å²) in [6.07, 6.45) is 0. The Balaban J connectivity index is 2.29. The number of amides is 1. The van der Waals surface area contributed by atoms with E-state index in [9.17, 15) is 15.1 Å².